The van der Waals surface area contributed by atoms with Gasteiger partial charge in [-0.1, -0.05) is 25.2 Å². The summed E-state index contributed by atoms with van der Waals surface area (Å²) in [5.74, 6) is 0.867. The van der Waals surface area contributed by atoms with Gasteiger partial charge in [0.1, 0.15) is 28.7 Å². The summed E-state index contributed by atoms with van der Waals surface area (Å²) in [4.78, 5) is 13.8. The molecule has 0 radical (unpaired) electrons. The number of aromatic amines is 1. The summed E-state index contributed by atoms with van der Waals surface area (Å²) in [7, 11) is 1.63. The number of ether oxygens (including phenoxy) is 1. The van der Waals surface area contributed by atoms with Crippen LogP contribution in [0.2, 0.25) is 0 Å². The van der Waals surface area contributed by atoms with Gasteiger partial charge in [-0.2, -0.15) is 10.2 Å². The van der Waals surface area contributed by atoms with Gasteiger partial charge in [0.15, 0.2) is 11.4 Å². The van der Waals surface area contributed by atoms with Crippen LogP contribution in [0.4, 0.5) is 9.39 Å². The lowest BCUT2D eigenvalue weighted by molar-refractivity contribution is 0.211. The first-order valence-corrected chi connectivity index (χ1v) is 12.7. The van der Waals surface area contributed by atoms with Gasteiger partial charge >= 0.3 is 0 Å². The molecule has 1 aliphatic rings. The molecule has 1 aliphatic heterocycles. The highest BCUT2D eigenvalue weighted by Crippen LogP contribution is 2.41. The zero-order valence-corrected chi connectivity index (χ0v) is 21.6. The molecule has 35 heavy (non-hydrogen) atoms. The number of nitrogens with one attached hydrogen (secondary N) is 1. The number of aryl methyl sites for hydroxylation is 1. The normalized spacial score (nSPS) is 17.1. The lowest BCUT2D eigenvalue weighted by Gasteiger charge is -2.40. The minimum Gasteiger partial charge on any atom is -0.493 e. The lowest BCUT2D eigenvalue weighted by Crippen LogP contribution is -2.52. The predicted molar refractivity (Wildman–Crippen MR) is 136 cm³/mol. The molecule has 0 bridgehead atoms. The first kappa shape index (κ1) is 23.7. The van der Waals surface area contributed by atoms with Crippen LogP contribution in [0.15, 0.2) is 18.6 Å². The van der Waals surface area contributed by atoms with Gasteiger partial charge in [0.05, 0.1) is 18.5 Å². The number of pyridine rings is 1. The second-order valence-corrected chi connectivity index (χ2v) is 10.3. The van der Waals surface area contributed by atoms with Gasteiger partial charge in [0, 0.05) is 49.5 Å². The third kappa shape index (κ3) is 4.27. The summed E-state index contributed by atoms with van der Waals surface area (Å²) in [6.07, 6.45) is 3.45. The molecule has 1 N–H and O–H groups in total. The summed E-state index contributed by atoms with van der Waals surface area (Å²) in [6.45, 7) is 11.4. The first-order valence-electron chi connectivity index (χ1n) is 11.9. The number of fused-ring (bicyclic) bond motifs is 1. The maximum atomic E-state index is 12.8. The van der Waals surface area contributed by atoms with Crippen LogP contribution in [0.25, 0.3) is 27.6 Å². The minimum atomic E-state index is -0.300. The number of aromatic nitrogens is 6. The Bertz CT molecular complexity index is 1330. The molecule has 0 amide bonds. The van der Waals surface area contributed by atoms with E-state index in [2.05, 4.69) is 52.7 Å². The first-order chi connectivity index (χ1) is 16.9. The quantitative estimate of drug-likeness (QED) is 0.409. The third-order valence-corrected chi connectivity index (χ3v) is 7.78. The van der Waals surface area contributed by atoms with Crippen LogP contribution in [0.1, 0.15) is 37.9 Å². The SMILES string of the molecule is COc1cc(-c2[nH]nc(-c3nc(C)c(N4CCN(CCF)C[C@H]4C)s3)c2C(C)C)cn2ncnc12. The van der Waals surface area contributed by atoms with E-state index in [1.54, 1.807) is 23.0 Å². The Morgan fingerprint density at radius 2 is 2.14 bits per heavy atom. The summed E-state index contributed by atoms with van der Waals surface area (Å²) >= 11 is 1.68. The molecule has 1 saturated heterocycles. The van der Waals surface area contributed by atoms with Crippen LogP contribution in [0, 0.1) is 6.92 Å². The molecule has 4 aromatic rings. The maximum absolute atomic E-state index is 12.8. The molecule has 1 atom stereocenters. The Morgan fingerprint density at radius 1 is 1.31 bits per heavy atom. The monoisotopic (exact) mass is 498 g/mol. The average Bonchev–Trinajstić information content (AvgIpc) is 3.56. The number of methoxy groups -OCH3 is 1. The highest BCUT2D eigenvalue weighted by atomic mass is 32.1. The van der Waals surface area contributed by atoms with Gasteiger partial charge in [0.2, 0.25) is 0 Å². The van der Waals surface area contributed by atoms with Crippen LogP contribution < -0.4 is 9.64 Å². The fourth-order valence-electron chi connectivity index (χ4n) is 4.89. The number of nitrogens with zero attached hydrogens (tertiary/aromatic N) is 7. The van der Waals surface area contributed by atoms with Crippen molar-refractivity contribution in [1.82, 2.24) is 34.7 Å². The number of piperazine rings is 1. The van der Waals surface area contributed by atoms with E-state index >= 15 is 0 Å². The largest absolute Gasteiger partial charge is 0.493 e. The van der Waals surface area contributed by atoms with E-state index in [-0.39, 0.29) is 12.6 Å². The van der Waals surface area contributed by atoms with Gasteiger partial charge in [-0.05, 0) is 25.8 Å². The van der Waals surface area contributed by atoms with Crippen LogP contribution in [-0.2, 0) is 0 Å². The predicted octanol–water partition coefficient (Wildman–Crippen LogP) is 4.16. The van der Waals surface area contributed by atoms with E-state index < -0.39 is 0 Å². The number of thiazole rings is 1. The number of H-pyrrole nitrogens is 1. The molecule has 1 fully saturated rings. The average molecular weight is 499 g/mol. The molecule has 0 saturated carbocycles. The zero-order valence-electron chi connectivity index (χ0n) is 20.7. The summed E-state index contributed by atoms with van der Waals surface area (Å²) < 4.78 is 20.1. The van der Waals surface area contributed by atoms with Crippen molar-refractivity contribution in [1.29, 1.82) is 0 Å². The van der Waals surface area contributed by atoms with Crippen molar-refractivity contribution in [2.75, 3.05) is 44.9 Å². The fraction of sp³-hybridized carbons (Fsp3) is 0.500. The van der Waals surface area contributed by atoms with Gasteiger partial charge in [-0.25, -0.2) is 18.9 Å². The van der Waals surface area contributed by atoms with Crippen molar-refractivity contribution in [2.24, 2.45) is 0 Å². The van der Waals surface area contributed by atoms with Crippen molar-refractivity contribution in [3.63, 3.8) is 0 Å². The number of hydrogen-bond acceptors (Lipinski definition) is 8. The molecular formula is C24H31FN8OS. The fourth-order valence-corrected chi connectivity index (χ4v) is 6.09. The zero-order chi connectivity index (χ0) is 24.7. The molecule has 11 heteroatoms. The maximum Gasteiger partial charge on any atom is 0.197 e. The van der Waals surface area contributed by atoms with Crippen LogP contribution in [-0.4, -0.2) is 80.7 Å². The standard InChI is InChI=1S/C24H31FN8OS/c1-14(2)19-20(17-10-18(34-5)22-26-13-27-33(22)12-17)29-30-21(19)23-28-16(4)24(35-23)32-9-8-31(7-6-25)11-15(32)3/h10,12-15H,6-9,11H2,1-5H3,(H,29,30)/t15-/m1/s1. The van der Waals surface area contributed by atoms with E-state index in [9.17, 15) is 4.39 Å². The molecule has 5 rings (SSSR count). The molecule has 0 spiro atoms. The molecule has 0 aliphatic carbocycles. The molecule has 0 unspecified atom stereocenters. The van der Waals surface area contributed by atoms with Crippen LogP contribution >= 0.6 is 11.3 Å². The third-order valence-electron chi connectivity index (χ3n) is 6.58. The molecule has 0 aromatic carbocycles. The second kappa shape index (κ2) is 9.54. The summed E-state index contributed by atoms with van der Waals surface area (Å²) in [5, 5.41) is 14.3. The highest BCUT2D eigenvalue weighted by molar-refractivity contribution is 7.19. The van der Waals surface area contributed by atoms with E-state index in [1.807, 2.05) is 12.3 Å². The van der Waals surface area contributed by atoms with Gasteiger partial charge < -0.3 is 9.64 Å². The van der Waals surface area contributed by atoms with E-state index in [0.29, 0.717) is 24.0 Å². The smallest absolute Gasteiger partial charge is 0.197 e. The number of hydrogen-bond donors (Lipinski definition) is 1. The van der Waals surface area contributed by atoms with Crippen molar-refractivity contribution in [3.05, 3.63) is 29.8 Å². The number of alkyl halides is 1. The molecule has 186 valence electrons. The van der Waals surface area contributed by atoms with E-state index in [0.717, 1.165) is 57.9 Å². The van der Waals surface area contributed by atoms with Crippen LogP contribution in [0.3, 0.4) is 0 Å². The Balaban J connectivity index is 1.52. The topological polar surface area (TPSA) is 87.5 Å². The van der Waals surface area contributed by atoms with Crippen molar-refractivity contribution in [2.45, 2.75) is 39.7 Å². The van der Waals surface area contributed by atoms with E-state index in [1.165, 1.54) is 6.33 Å². The Hall–Kier alpha value is -3.05. The van der Waals surface area contributed by atoms with E-state index in [4.69, 9.17) is 14.8 Å². The highest BCUT2D eigenvalue weighted by Gasteiger charge is 2.29. The Morgan fingerprint density at radius 3 is 2.86 bits per heavy atom. The molecule has 4 aromatic heterocycles. The van der Waals surface area contributed by atoms with Crippen molar-refractivity contribution in [3.8, 4) is 27.7 Å². The van der Waals surface area contributed by atoms with Crippen molar-refractivity contribution < 1.29 is 9.13 Å². The second-order valence-electron chi connectivity index (χ2n) is 9.28. The number of rotatable bonds is 7. The Kier molecular flexibility index (Phi) is 6.45. The summed E-state index contributed by atoms with van der Waals surface area (Å²) in [5.41, 5.74) is 5.49. The minimum absolute atomic E-state index is 0.215. The molecule has 5 heterocycles. The van der Waals surface area contributed by atoms with Gasteiger partial charge in [0.25, 0.3) is 0 Å². The Labute approximate surface area is 208 Å². The summed E-state index contributed by atoms with van der Waals surface area (Å²) in [6, 6.07) is 2.26. The van der Waals surface area contributed by atoms with Crippen LogP contribution in [0.5, 0.6) is 5.75 Å². The molecule has 9 nitrogen and oxygen atoms in total. The van der Waals surface area contributed by atoms with Gasteiger partial charge in [-0.15, -0.1) is 0 Å². The number of halogens is 1. The van der Waals surface area contributed by atoms with Crippen molar-refractivity contribution >= 4 is 22.0 Å². The molecular weight excluding hydrogens is 467 g/mol. The van der Waals surface area contributed by atoms with Gasteiger partial charge in [-0.3, -0.25) is 10.00 Å². The lowest BCUT2D eigenvalue weighted by atomic mass is 9.97. The number of anilines is 1.